The number of sulfone groups is 1. The first kappa shape index (κ1) is 12.3. The Morgan fingerprint density at radius 1 is 1.25 bits per heavy atom. The van der Waals surface area contributed by atoms with Gasteiger partial charge in [0.1, 0.15) is 0 Å². The lowest BCUT2D eigenvalue weighted by Crippen LogP contribution is -2.45. The van der Waals surface area contributed by atoms with E-state index in [1.807, 2.05) is 7.05 Å². The number of rotatable bonds is 3. The highest BCUT2D eigenvalue weighted by molar-refractivity contribution is 7.91. The van der Waals surface area contributed by atoms with E-state index in [0.717, 1.165) is 19.6 Å². The summed E-state index contributed by atoms with van der Waals surface area (Å²) in [5, 5.41) is 3.37. The molecule has 0 aromatic heterocycles. The van der Waals surface area contributed by atoms with Crippen LogP contribution in [0.1, 0.15) is 19.3 Å². The minimum atomic E-state index is -2.73. The molecule has 0 amide bonds. The Kier molecular flexibility index (Phi) is 3.87. The van der Waals surface area contributed by atoms with Crippen LogP contribution in [0.15, 0.2) is 0 Å². The van der Waals surface area contributed by atoms with Gasteiger partial charge in [0.2, 0.25) is 0 Å². The largest absolute Gasteiger partial charge is 0.317 e. The van der Waals surface area contributed by atoms with E-state index in [1.165, 1.54) is 19.3 Å². The molecule has 1 heterocycles. The van der Waals surface area contributed by atoms with Crippen molar-refractivity contribution in [2.75, 3.05) is 38.2 Å². The Balaban J connectivity index is 1.82. The summed E-state index contributed by atoms with van der Waals surface area (Å²) in [5.41, 5.74) is 0. The molecule has 2 aliphatic rings. The first-order chi connectivity index (χ1) is 7.61. The number of hydrogen-bond donors (Lipinski definition) is 1. The zero-order valence-electron chi connectivity index (χ0n) is 9.98. The maximum absolute atomic E-state index is 11.3. The maximum Gasteiger partial charge on any atom is 0.152 e. The molecule has 2 atom stereocenters. The lowest BCUT2D eigenvalue weighted by atomic mass is 10.0. The molecule has 2 unspecified atom stereocenters. The molecule has 0 radical (unpaired) electrons. The Morgan fingerprint density at radius 2 is 1.94 bits per heavy atom. The monoisotopic (exact) mass is 246 g/mol. The molecule has 1 saturated heterocycles. The highest BCUT2D eigenvalue weighted by Gasteiger charge is 2.29. The molecule has 5 heteroatoms. The summed E-state index contributed by atoms with van der Waals surface area (Å²) < 4.78 is 22.6. The molecule has 1 saturated carbocycles. The summed E-state index contributed by atoms with van der Waals surface area (Å²) in [5.74, 6) is 1.42. The normalized spacial score (nSPS) is 35.3. The van der Waals surface area contributed by atoms with Crippen molar-refractivity contribution in [3.63, 3.8) is 0 Å². The van der Waals surface area contributed by atoms with Gasteiger partial charge in [0.25, 0.3) is 0 Å². The summed E-state index contributed by atoms with van der Waals surface area (Å²) in [6, 6.07) is 0.638. The predicted molar refractivity (Wildman–Crippen MR) is 65.3 cm³/mol. The molecular weight excluding hydrogens is 224 g/mol. The van der Waals surface area contributed by atoms with Gasteiger partial charge in [-0.1, -0.05) is 6.42 Å². The molecule has 1 aliphatic carbocycles. The number of hydrogen-bond acceptors (Lipinski definition) is 4. The quantitative estimate of drug-likeness (QED) is 0.767. The third-order valence-corrected chi connectivity index (χ3v) is 5.57. The molecule has 4 nitrogen and oxygen atoms in total. The Morgan fingerprint density at radius 3 is 2.56 bits per heavy atom. The van der Waals surface area contributed by atoms with Crippen molar-refractivity contribution in [1.82, 2.24) is 10.2 Å². The van der Waals surface area contributed by atoms with E-state index in [9.17, 15) is 8.42 Å². The lowest BCUT2D eigenvalue weighted by Gasteiger charge is -2.31. The molecule has 0 aromatic rings. The second-order valence-electron chi connectivity index (χ2n) is 5.04. The van der Waals surface area contributed by atoms with Crippen molar-refractivity contribution in [3.05, 3.63) is 0 Å². The smallest absolute Gasteiger partial charge is 0.152 e. The second-order valence-corrected chi connectivity index (χ2v) is 7.34. The van der Waals surface area contributed by atoms with Gasteiger partial charge in [-0.3, -0.25) is 0 Å². The van der Waals surface area contributed by atoms with E-state index in [2.05, 4.69) is 10.2 Å². The van der Waals surface area contributed by atoms with Crippen molar-refractivity contribution in [3.8, 4) is 0 Å². The molecule has 94 valence electrons. The first-order valence-electron chi connectivity index (χ1n) is 6.21. The summed E-state index contributed by atoms with van der Waals surface area (Å²) in [6.45, 7) is 2.53. The summed E-state index contributed by atoms with van der Waals surface area (Å²) in [7, 11) is -0.694. The van der Waals surface area contributed by atoms with Gasteiger partial charge in [0.15, 0.2) is 9.84 Å². The highest BCUT2D eigenvalue weighted by atomic mass is 32.2. The van der Waals surface area contributed by atoms with E-state index in [4.69, 9.17) is 0 Å². The summed E-state index contributed by atoms with van der Waals surface area (Å²) >= 11 is 0. The fourth-order valence-corrected chi connectivity index (χ4v) is 4.18. The molecule has 2 rings (SSSR count). The standard InChI is InChI=1S/C11H22N2O2S/c1-12-11-4-2-3-10(11)9-13-5-7-16(14,15)8-6-13/h10-12H,2-9H2,1H3. The first-order valence-corrected chi connectivity index (χ1v) is 8.03. The van der Waals surface area contributed by atoms with Crippen LogP contribution < -0.4 is 5.32 Å². The van der Waals surface area contributed by atoms with Crippen molar-refractivity contribution in [2.24, 2.45) is 5.92 Å². The zero-order valence-corrected chi connectivity index (χ0v) is 10.8. The van der Waals surface area contributed by atoms with E-state index in [-0.39, 0.29) is 0 Å². The van der Waals surface area contributed by atoms with E-state index in [0.29, 0.717) is 23.5 Å². The lowest BCUT2D eigenvalue weighted by molar-refractivity contribution is 0.230. The topological polar surface area (TPSA) is 49.4 Å². The van der Waals surface area contributed by atoms with Crippen LogP contribution in [0.5, 0.6) is 0 Å². The molecule has 0 aromatic carbocycles. The van der Waals surface area contributed by atoms with E-state index in [1.54, 1.807) is 0 Å². The molecular formula is C11H22N2O2S. The Labute approximate surface area is 98.3 Å². The average Bonchev–Trinajstić information content (AvgIpc) is 2.68. The summed E-state index contributed by atoms with van der Waals surface area (Å²) in [4.78, 5) is 2.32. The van der Waals surface area contributed by atoms with E-state index >= 15 is 0 Å². The predicted octanol–water partition coefficient (Wildman–Crippen LogP) is 0.105. The Bertz CT molecular complexity index is 315. The van der Waals surface area contributed by atoms with Gasteiger partial charge in [0.05, 0.1) is 11.5 Å². The van der Waals surface area contributed by atoms with Crippen molar-refractivity contribution >= 4 is 9.84 Å². The van der Waals surface area contributed by atoms with Crippen LogP contribution in [0.2, 0.25) is 0 Å². The molecule has 0 spiro atoms. The number of nitrogens with one attached hydrogen (secondary N) is 1. The van der Waals surface area contributed by atoms with Gasteiger partial charge >= 0.3 is 0 Å². The fraction of sp³-hybridized carbons (Fsp3) is 1.00. The SMILES string of the molecule is CNC1CCCC1CN1CCS(=O)(=O)CC1. The average molecular weight is 246 g/mol. The van der Waals surface area contributed by atoms with Gasteiger partial charge in [-0.15, -0.1) is 0 Å². The second kappa shape index (κ2) is 5.02. The fourth-order valence-electron chi connectivity index (χ4n) is 2.90. The molecule has 1 N–H and O–H groups in total. The van der Waals surface area contributed by atoms with Crippen LogP contribution in [0, 0.1) is 5.92 Å². The van der Waals surface area contributed by atoms with Crippen LogP contribution in [-0.4, -0.2) is 57.5 Å². The van der Waals surface area contributed by atoms with Crippen LogP contribution in [-0.2, 0) is 9.84 Å². The molecule has 1 aliphatic heterocycles. The minimum Gasteiger partial charge on any atom is -0.317 e. The minimum absolute atomic E-state index is 0.351. The van der Waals surface area contributed by atoms with Crippen LogP contribution >= 0.6 is 0 Å². The van der Waals surface area contributed by atoms with Crippen molar-refractivity contribution in [2.45, 2.75) is 25.3 Å². The third-order valence-electron chi connectivity index (χ3n) is 3.96. The number of nitrogens with zero attached hydrogens (tertiary/aromatic N) is 1. The van der Waals surface area contributed by atoms with Gasteiger partial charge in [0, 0.05) is 25.7 Å². The van der Waals surface area contributed by atoms with Crippen LogP contribution in [0.3, 0.4) is 0 Å². The van der Waals surface area contributed by atoms with Crippen molar-refractivity contribution < 1.29 is 8.42 Å². The van der Waals surface area contributed by atoms with Gasteiger partial charge in [-0.2, -0.15) is 0 Å². The third kappa shape index (κ3) is 2.96. The molecule has 16 heavy (non-hydrogen) atoms. The van der Waals surface area contributed by atoms with Gasteiger partial charge < -0.3 is 10.2 Å². The summed E-state index contributed by atoms with van der Waals surface area (Å²) in [6.07, 6.45) is 3.87. The molecule has 0 bridgehead atoms. The van der Waals surface area contributed by atoms with Crippen molar-refractivity contribution in [1.29, 1.82) is 0 Å². The van der Waals surface area contributed by atoms with Crippen LogP contribution in [0.25, 0.3) is 0 Å². The van der Waals surface area contributed by atoms with Gasteiger partial charge in [-0.05, 0) is 25.8 Å². The van der Waals surface area contributed by atoms with Crippen LogP contribution in [0.4, 0.5) is 0 Å². The zero-order chi connectivity index (χ0) is 11.6. The molecule has 2 fully saturated rings. The Hall–Kier alpha value is -0.130. The van der Waals surface area contributed by atoms with E-state index < -0.39 is 9.84 Å². The highest BCUT2D eigenvalue weighted by Crippen LogP contribution is 2.26. The maximum atomic E-state index is 11.3. The van der Waals surface area contributed by atoms with Gasteiger partial charge in [-0.25, -0.2) is 8.42 Å².